The third-order valence-electron chi connectivity index (χ3n) is 5.70. The van der Waals surface area contributed by atoms with Gasteiger partial charge in [0.1, 0.15) is 0 Å². The van der Waals surface area contributed by atoms with E-state index in [0.717, 1.165) is 0 Å². The van der Waals surface area contributed by atoms with Crippen LogP contribution < -0.4 is 0 Å². The lowest BCUT2D eigenvalue weighted by Crippen LogP contribution is -2.11. The predicted octanol–water partition coefficient (Wildman–Crippen LogP) is 4.43. The summed E-state index contributed by atoms with van der Waals surface area (Å²) in [5, 5.41) is 0. The summed E-state index contributed by atoms with van der Waals surface area (Å²) in [4.78, 5) is 0. The Labute approximate surface area is 120 Å². The Bertz CT molecular complexity index is 721. The van der Waals surface area contributed by atoms with Gasteiger partial charge in [-0.05, 0) is 95.9 Å². The molecule has 0 spiro atoms. The molecule has 0 amide bonds. The van der Waals surface area contributed by atoms with Crippen LogP contribution in [0.2, 0.25) is 0 Å². The number of hydrogen-bond donors (Lipinski definition) is 0. The van der Waals surface area contributed by atoms with Crippen molar-refractivity contribution in [2.24, 2.45) is 0 Å². The first-order valence-electron chi connectivity index (χ1n) is 8.20. The summed E-state index contributed by atoms with van der Waals surface area (Å²) in [6.07, 6.45) is 10.6. The minimum atomic E-state index is 1.24. The second-order valence-corrected chi connectivity index (χ2v) is 6.63. The van der Waals surface area contributed by atoms with Crippen molar-refractivity contribution >= 4 is 0 Å². The van der Waals surface area contributed by atoms with E-state index in [1.807, 2.05) is 0 Å². The second kappa shape index (κ2) is 3.97. The standard InChI is InChI=1S/C20H20/c1-2-6-14-13(5-1)11-12-19-17-8-3-7-15(17)16-9-4-10-18(16)20(14)19/h1-2,5-6H,3-4,7-12H2. The molecule has 0 heterocycles. The van der Waals surface area contributed by atoms with Crippen molar-refractivity contribution in [2.75, 3.05) is 0 Å². The average molecular weight is 260 g/mol. The van der Waals surface area contributed by atoms with Gasteiger partial charge in [-0.2, -0.15) is 0 Å². The molecule has 5 rings (SSSR count). The predicted molar refractivity (Wildman–Crippen MR) is 83.3 cm³/mol. The Kier molecular flexibility index (Phi) is 2.21. The van der Waals surface area contributed by atoms with Gasteiger partial charge in [-0.15, -0.1) is 0 Å². The molecule has 0 aromatic heterocycles. The Balaban J connectivity index is 1.90. The molecule has 0 nitrogen and oxygen atoms in total. The Morgan fingerprint density at radius 1 is 0.550 bits per heavy atom. The zero-order valence-electron chi connectivity index (χ0n) is 12.0. The number of hydrogen-bond acceptors (Lipinski definition) is 0. The summed E-state index contributed by atoms with van der Waals surface area (Å²) >= 11 is 0. The molecular weight excluding hydrogens is 240 g/mol. The SMILES string of the molecule is c1ccc2c(c1)CCc1c3c(c4c(c1-2)CCC4)CCC3. The van der Waals surface area contributed by atoms with Crippen molar-refractivity contribution in [3.05, 3.63) is 57.6 Å². The van der Waals surface area contributed by atoms with E-state index in [4.69, 9.17) is 0 Å². The summed E-state index contributed by atoms with van der Waals surface area (Å²) < 4.78 is 0. The molecule has 2 aromatic carbocycles. The third-order valence-corrected chi connectivity index (χ3v) is 5.70. The maximum absolute atomic E-state index is 2.37. The van der Waals surface area contributed by atoms with Crippen molar-refractivity contribution in [1.29, 1.82) is 0 Å². The summed E-state index contributed by atoms with van der Waals surface area (Å²) in [5.74, 6) is 0. The number of benzene rings is 2. The van der Waals surface area contributed by atoms with Crippen LogP contribution in [-0.2, 0) is 38.5 Å². The zero-order valence-corrected chi connectivity index (χ0v) is 12.0. The fraction of sp³-hybridized carbons (Fsp3) is 0.400. The first kappa shape index (κ1) is 11.1. The van der Waals surface area contributed by atoms with E-state index >= 15 is 0 Å². The first-order valence-corrected chi connectivity index (χ1v) is 8.20. The van der Waals surface area contributed by atoms with Gasteiger partial charge in [0.25, 0.3) is 0 Å². The average Bonchev–Trinajstić information content (AvgIpc) is 3.15. The first-order chi connectivity index (χ1) is 9.93. The topological polar surface area (TPSA) is 0 Å². The Morgan fingerprint density at radius 2 is 1.15 bits per heavy atom. The number of fused-ring (bicyclic) bond motifs is 8. The summed E-state index contributed by atoms with van der Waals surface area (Å²) in [5.41, 5.74) is 13.6. The van der Waals surface area contributed by atoms with E-state index in [-0.39, 0.29) is 0 Å². The minimum absolute atomic E-state index is 1.24. The van der Waals surface area contributed by atoms with Gasteiger partial charge in [0.2, 0.25) is 0 Å². The van der Waals surface area contributed by atoms with Crippen LogP contribution in [0.3, 0.4) is 0 Å². The highest BCUT2D eigenvalue weighted by atomic mass is 14.3. The largest absolute Gasteiger partial charge is 0.0620 e. The van der Waals surface area contributed by atoms with Crippen molar-refractivity contribution < 1.29 is 0 Å². The molecule has 0 aliphatic heterocycles. The van der Waals surface area contributed by atoms with Gasteiger partial charge in [-0.25, -0.2) is 0 Å². The molecule has 0 unspecified atom stereocenters. The summed E-state index contributed by atoms with van der Waals surface area (Å²) in [7, 11) is 0. The molecule has 0 N–H and O–H groups in total. The van der Waals surface area contributed by atoms with E-state index < -0.39 is 0 Å². The van der Waals surface area contributed by atoms with E-state index in [1.54, 1.807) is 44.5 Å². The molecule has 0 atom stereocenters. The Hall–Kier alpha value is -1.56. The molecule has 100 valence electrons. The fourth-order valence-electron chi connectivity index (χ4n) is 4.94. The molecule has 20 heavy (non-hydrogen) atoms. The van der Waals surface area contributed by atoms with Crippen LogP contribution in [0.1, 0.15) is 46.2 Å². The van der Waals surface area contributed by atoms with Crippen molar-refractivity contribution in [3.63, 3.8) is 0 Å². The van der Waals surface area contributed by atoms with Gasteiger partial charge in [0, 0.05) is 0 Å². The maximum atomic E-state index is 2.37. The van der Waals surface area contributed by atoms with Crippen molar-refractivity contribution in [1.82, 2.24) is 0 Å². The van der Waals surface area contributed by atoms with E-state index in [0.29, 0.717) is 0 Å². The highest BCUT2D eigenvalue weighted by Gasteiger charge is 2.31. The molecule has 0 saturated carbocycles. The van der Waals surface area contributed by atoms with Crippen LogP contribution in [0.25, 0.3) is 11.1 Å². The molecule has 0 saturated heterocycles. The summed E-state index contributed by atoms with van der Waals surface area (Å²) in [6, 6.07) is 9.14. The molecule has 3 aliphatic carbocycles. The van der Waals surface area contributed by atoms with Crippen LogP contribution in [0, 0.1) is 0 Å². The molecule has 0 heteroatoms. The third kappa shape index (κ3) is 1.32. The van der Waals surface area contributed by atoms with Gasteiger partial charge in [0.15, 0.2) is 0 Å². The van der Waals surface area contributed by atoms with Crippen molar-refractivity contribution in [2.45, 2.75) is 51.4 Å². The zero-order chi connectivity index (χ0) is 13.1. The van der Waals surface area contributed by atoms with Gasteiger partial charge >= 0.3 is 0 Å². The van der Waals surface area contributed by atoms with Gasteiger partial charge < -0.3 is 0 Å². The van der Waals surface area contributed by atoms with Crippen LogP contribution in [-0.4, -0.2) is 0 Å². The molecule has 2 aromatic rings. The lowest BCUT2D eigenvalue weighted by atomic mass is 9.78. The lowest BCUT2D eigenvalue weighted by Gasteiger charge is -2.26. The lowest BCUT2D eigenvalue weighted by molar-refractivity contribution is 0.875. The van der Waals surface area contributed by atoms with E-state index in [1.165, 1.54) is 51.4 Å². The van der Waals surface area contributed by atoms with Crippen LogP contribution in [0.15, 0.2) is 24.3 Å². The molecule has 3 aliphatic rings. The Morgan fingerprint density at radius 3 is 1.95 bits per heavy atom. The highest BCUT2D eigenvalue weighted by molar-refractivity contribution is 5.80. The van der Waals surface area contributed by atoms with Gasteiger partial charge in [-0.1, -0.05) is 24.3 Å². The molecular formula is C20H20. The number of aryl methyl sites for hydroxylation is 1. The van der Waals surface area contributed by atoms with Crippen LogP contribution in [0.5, 0.6) is 0 Å². The monoisotopic (exact) mass is 260 g/mol. The minimum Gasteiger partial charge on any atom is -0.0620 e. The van der Waals surface area contributed by atoms with Crippen molar-refractivity contribution in [3.8, 4) is 11.1 Å². The maximum Gasteiger partial charge on any atom is -0.0111 e. The van der Waals surface area contributed by atoms with Gasteiger partial charge in [0.05, 0.1) is 0 Å². The highest BCUT2D eigenvalue weighted by Crippen LogP contribution is 2.46. The van der Waals surface area contributed by atoms with Crippen LogP contribution >= 0.6 is 0 Å². The number of rotatable bonds is 0. The van der Waals surface area contributed by atoms with E-state index in [9.17, 15) is 0 Å². The second-order valence-electron chi connectivity index (χ2n) is 6.63. The van der Waals surface area contributed by atoms with Gasteiger partial charge in [-0.3, -0.25) is 0 Å². The molecule has 0 radical (unpaired) electrons. The summed E-state index contributed by atoms with van der Waals surface area (Å²) in [6.45, 7) is 0. The molecule has 0 bridgehead atoms. The van der Waals surface area contributed by atoms with E-state index in [2.05, 4.69) is 24.3 Å². The smallest absolute Gasteiger partial charge is 0.0111 e. The van der Waals surface area contributed by atoms with Crippen LogP contribution in [0.4, 0.5) is 0 Å². The molecule has 0 fully saturated rings. The normalized spacial score (nSPS) is 18.4. The quantitative estimate of drug-likeness (QED) is 0.657. The fourth-order valence-corrected chi connectivity index (χ4v) is 4.94.